The molecule has 1 aliphatic heterocycles. The molecule has 4 heterocycles. The summed E-state index contributed by atoms with van der Waals surface area (Å²) >= 11 is 1.45. The second-order valence-corrected chi connectivity index (χ2v) is 8.31. The van der Waals surface area contributed by atoms with Crippen LogP contribution in [0.1, 0.15) is 16.3 Å². The van der Waals surface area contributed by atoms with Crippen molar-refractivity contribution in [1.82, 2.24) is 24.8 Å². The van der Waals surface area contributed by atoms with Gasteiger partial charge in [0.1, 0.15) is 5.75 Å². The Morgan fingerprint density at radius 2 is 2.25 bits per heavy atom. The third kappa shape index (κ3) is 5.49. The molecule has 0 spiro atoms. The van der Waals surface area contributed by atoms with Gasteiger partial charge in [-0.1, -0.05) is 11.3 Å². The van der Waals surface area contributed by atoms with Gasteiger partial charge in [0, 0.05) is 43.1 Å². The van der Waals surface area contributed by atoms with E-state index in [0.29, 0.717) is 36.1 Å². The second kappa shape index (κ2) is 9.90. The number of halogens is 2. The number of aromatic nitrogens is 4. The van der Waals surface area contributed by atoms with Gasteiger partial charge in [0.05, 0.1) is 56.0 Å². The number of alkyl halides is 2. The maximum absolute atomic E-state index is 12.4. The van der Waals surface area contributed by atoms with Crippen LogP contribution in [0.25, 0.3) is 0 Å². The van der Waals surface area contributed by atoms with Crippen LogP contribution >= 0.6 is 11.3 Å². The average Bonchev–Trinajstić information content (AvgIpc) is 3.38. The Labute approximate surface area is 187 Å². The molecule has 0 atom stereocenters. The normalized spacial score (nSPS) is 13.2. The molecule has 2 N–H and O–H groups in total. The Bertz CT molecular complexity index is 1070. The van der Waals surface area contributed by atoms with Crippen LogP contribution in [0, 0.1) is 0 Å². The molecule has 3 aromatic rings. The van der Waals surface area contributed by atoms with E-state index in [0.717, 1.165) is 29.2 Å². The van der Waals surface area contributed by atoms with E-state index in [2.05, 4.69) is 30.5 Å². The van der Waals surface area contributed by atoms with Gasteiger partial charge in [-0.15, -0.1) is 0 Å². The van der Waals surface area contributed by atoms with Crippen molar-refractivity contribution in [2.75, 3.05) is 30.4 Å². The summed E-state index contributed by atoms with van der Waals surface area (Å²) in [6.45, 7) is 1.43. The molecule has 0 radical (unpaired) electrons. The van der Waals surface area contributed by atoms with Gasteiger partial charge in [0.15, 0.2) is 5.13 Å². The number of pyridine rings is 1. The molecule has 170 valence electrons. The first-order valence-corrected chi connectivity index (χ1v) is 10.9. The van der Waals surface area contributed by atoms with E-state index < -0.39 is 6.43 Å². The molecule has 2 amide bonds. The topological polar surface area (TPSA) is 97.2 Å². The molecule has 0 fully saturated rings. The summed E-state index contributed by atoms with van der Waals surface area (Å²) in [4.78, 5) is 28.3. The number of hydrogen-bond acceptors (Lipinski definition) is 7. The number of thiazole rings is 1. The number of nitrogens with zero attached hydrogens (tertiary/aromatic N) is 5. The highest BCUT2D eigenvalue weighted by Gasteiger charge is 2.22. The molecular formula is C20H23F2N7O2S. The Kier molecular flexibility index (Phi) is 6.78. The van der Waals surface area contributed by atoms with Crippen molar-refractivity contribution in [3.8, 4) is 5.75 Å². The summed E-state index contributed by atoms with van der Waals surface area (Å²) in [5.74, 6) is 0.706. The SMILES string of the molecule is COc1cncc(N2CCc3nc(NC(=O)NCCc4cn(CC(F)F)cn4)sc3C2)c1. The lowest BCUT2D eigenvalue weighted by Crippen LogP contribution is -2.30. The number of rotatable bonds is 8. The maximum Gasteiger partial charge on any atom is 0.321 e. The predicted octanol–water partition coefficient (Wildman–Crippen LogP) is 2.94. The van der Waals surface area contributed by atoms with Gasteiger partial charge in [-0.3, -0.25) is 10.3 Å². The number of amides is 2. The molecule has 32 heavy (non-hydrogen) atoms. The smallest absolute Gasteiger partial charge is 0.321 e. The fraction of sp³-hybridized carbons (Fsp3) is 0.400. The fourth-order valence-electron chi connectivity index (χ4n) is 3.40. The zero-order chi connectivity index (χ0) is 22.5. The van der Waals surface area contributed by atoms with Gasteiger partial charge < -0.3 is 19.5 Å². The van der Waals surface area contributed by atoms with E-state index in [1.165, 1.54) is 22.2 Å². The molecule has 3 aromatic heterocycles. The monoisotopic (exact) mass is 463 g/mol. The summed E-state index contributed by atoms with van der Waals surface area (Å²) in [6, 6.07) is 1.58. The lowest BCUT2D eigenvalue weighted by molar-refractivity contribution is 0.126. The van der Waals surface area contributed by atoms with Crippen LogP contribution in [-0.2, 0) is 25.9 Å². The molecule has 0 unspecified atom stereocenters. The first-order valence-electron chi connectivity index (χ1n) is 10.1. The number of ether oxygens (including phenoxy) is 1. The van der Waals surface area contributed by atoms with Crippen LogP contribution in [0.5, 0.6) is 5.75 Å². The first kappa shape index (κ1) is 21.9. The standard InChI is InChI=1S/C20H23F2N7O2S/c1-31-15-6-14(7-23-8-15)29-5-3-16-17(10-29)32-20(26-16)27-19(30)24-4-2-13-9-28(12-25-13)11-18(21)22/h6-9,12,18H,2-5,10-11H2,1H3,(H2,24,26,27,30). The number of nitrogens with one attached hydrogen (secondary N) is 2. The number of imidazole rings is 1. The Morgan fingerprint density at radius 1 is 1.38 bits per heavy atom. The molecule has 4 rings (SSSR count). The van der Waals surface area contributed by atoms with Crippen LogP contribution in [0.3, 0.4) is 0 Å². The Balaban J connectivity index is 1.27. The molecule has 0 aliphatic carbocycles. The van der Waals surface area contributed by atoms with E-state index in [1.54, 1.807) is 25.7 Å². The second-order valence-electron chi connectivity index (χ2n) is 7.23. The molecule has 12 heteroatoms. The summed E-state index contributed by atoms with van der Waals surface area (Å²) < 4.78 is 31.4. The lowest BCUT2D eigenvalue weighted by atomic mass is 10.1. The Morgan fingerprint density at radius 3 is 3.06 bits per heavy atom. The van der Waals surface area contributed by atoms with Crippen molar-refractivity contribution in [3.63, 3.8) is 0 Å². The summed E-state index contributed by atoms with van der Waals surface area (Å²) in [5, 5.41) is 6.06. The van der Waals surface area contributed by atoms with Gasteiger partial charge in [-0.25, -0.2) is 23.5 Å². The predicted molar refractivity (Wildman–Crippen MR) is 117 cm³/mol. The van der Waals surface area contributed by atoms with Gasteiger partial charge in [-0.2, -0.15) is 0 Å². The number of urea groups is 1. The molecule has 1 aliphatic rings. The highest BCUT2D eigenvalue weighted by atomic mass is 32.1. The number of carbonyl (C=O) groups excluding carboxylic acids is 1. The van der Waals surface area contributed by atoms with Crippen molar-refractivity contribution in [2.24, 2.45) is 0 Å². The third-order valence-electron chi connectivity index (χ3n) is 4.95. The number of carbonyl (C=O) groups is 1. The molecule has 9 nitrogen and oxygen atoms in total. The minimum absolute atomic E-state index is 0.333. The van der Waals surface area contributed by atoms with Gasteiger partial charge in [0.25, 0.3) is 6.43 Å². The number of anilines is 2. The summed E-state index contributed by atoms with van der Waals surface area (Å²) in [6.07, 6.45) is 5.19. The molecule has 0 saturated carbocycles. The summed E-state index contributed by atoms with van der Waals surface area (Å²) in [7, 11) is 1.61. The number of fused-ring (bicyclic) bond motifs is 1. The minimum atomic E-state index is -2.43. The molecular weight excluding hydrogens is 440 g/mol. The maximum atomic E-state index is 12.4. The highest BCUT2D eigenvalue weighted by molar-refractivity contribution is 7.15. The van der Waals surface area contributed by atoms with Crippen molar-refractivity contribution >= 4 is 28.2 Å². The van der Waals surface area contributed by atoms with Crippen LogP contribution in [0.4, 0.5) is 24.4 Å². The van der Waals surface area contributed by atoms with Crippen LogP contribution in [0.15, 0.2) is 31.0 Å². The average molecular weight is 464 g/mol. The van der Waals surface area contributed by atoms with Crippen LogP contribution in [-0.4, -0.2) is 52.2 Å². The van der Waals surface area contributed by atoms with E-state index in [9.17, 15) is 13.6 Å². The number of hydrogen-bond donors (Lipinski definition) is 2. The van der Waals surface area contributed by atoms with Gasteiger partial charge in [0.2, 0.25) is 0 Å². The largest absolute Gasteiger partial charge is 0.495 e. The lowest BCUT2D eigenvalue weighted by Gasteiger charge is -2.27. The van der Waals surface area contributed by atoms with Gasteiger partial charge >= 0.3 is 6.03 Å². The van der Waals surface area contributed by atoms with Crippen molar-refractivity contribution in [1.29, 1.82) is 0 Å². The van der Waals surface area contributed by atoms with Gasteiger partial charge in [-0.05, 0) is 0 Å². The molecule has 0 aromatic carbocycles. The van der Waals surface area contributed by atoms with Crippen molar-refractivity contribution < 1.29 is 18.3 Å². The zero-order valence-corrected chi connectivity index (χ0v) is 18.2. The van der Waals surface area contributed by atoms with Crippen molar-refractivity contribution in [2.45, 2.75) is 32.4 Å². The van der Waals surface area contributed by atoms with E-state index in [-0.39, 0.29) is 12.6 Å². The minimum Gasteiger partial charge on any atom is -0.495 e. The zero-order valence-electron chi connectivity index (χ0n) is 17.4. The van der Waals surface area contributed by atoms with Crippen LogP contribution in [0.2, 0.25) is 0 Å². The van der Waals surface area contributed by atoms with Crippen LogP contribution < -0.4 is 20.3 Å². The Hall–Kier alpha value is -3.28. The molecule has 0 bridgehead atoms. The third-order valence-corrected chi connectivity index (χ3v) is 5.95. The van der Waals surface area contributed by atoms with E-state index >= 15 is 0 Å². The van der Waals surface area contributed by atoms with E-state index in [4.69, 9.17) is 4.74 Å². The van der Waals surface area contributed by atoms with E-state index in [1.807, 2.05) is 6.07 Å². The quantitative estimate of drug-likeness (QED) is 0.533. The highest BCUT2D eigenvalue weighted by Crippen LogP contribution is 2.31. The fourth-order valence-corrected chi connectivity index (χ4v) is 4.42. The first-order chi connectivity index (χ1) is 15.5. The number of methoxy groups -OCH3 is 1. The summed E-state index contributed by atoms with van der Waals surface area (Å²) in [5.41, 5.74) is 2.61. The molecule has 0 saturated heterocycles. The van der Waals surface area contributed by atoms with Crippen molar-refractivity contribution in [3.05, 3.63) is 47.2 Å².